The number of nitrogens with zero attached hydrogens (tertiary/aromatic N) is 4. The molecule has 3 rings (SSSR count). The van der Waals surface area contributed by atoms with Gasteiger partial charge in [0.1, 0.15) is 0 Å². The van der Waals surface area contributed by atoms with E-state index >= 15 is 0 Å². The number of aromatic nitrogens is 1. The van der Waals surface area contributed by atoms with Gasteiger partial charge in [-0.3, -0.25) is 19.5 Å². The fourth-order valence-corrected chi connectivity index (χ4v) is 4.03. The Morgan fingerprint density at radius 2 is 2.12 bits per heavy atom. The van der Waals surface area contributed by atoms with Gasteiger partial charge in [-0.25, -0.2) is 0 Å². The molecule has 0 saturated carbocycles. The van der Waals surface area contributed by atoms with Crippen molar-refractivity contribution in [3.63, 3.8) is 0 Å². The van der Waals surface area contributed by atoms with Crippen LogP contribution in [0.5, 0.6) is 0 Å². The van der Waals surface area contributed by atoms with Crippen LogP contribution in [0.25, 0.3) is 0 Å². The van der Waals surface area contributed by atoms with Crippen LogP contribution in [0.2, 0.25) is 0 Å². The number of hydrogen-bond donors (Lipinski definition) is 0. The van der Waals surface area contributed by atoms with E-state index in [-0.39, 0.29) is 17.4 Å². The lowest BCUT2D eigenvalue weighted by Crippen LogP contribution is -2.62. The Morgan fingerprint density at radius 3 is 2.84 bits per heavy atom. The van der Waals surface area contributed by atoms with Gasteiger partial charge in [-0.05, 0) is 38.4 Å². The number of amides is 2. The van der Waals surface area contributed by atoms with Crippen LogP contribution in [-0.4, -0.2) is 76.8 Å². The predicted octanol–water partition coefficient (Wildman–Crippen LogP) is 1.17. The van der Waals surface area contributed by atoms with Crippen molar-refractivity contribution in [1.29, 1.82) is 0 Å². The zero-order valence-corrected chi connectivity index (χ0v) is 15.3. The summed E-state index contributed by atoms with van der Waals surface area (Å²) in [4.78, 5) is 35.4. The molecule has 1 atom stereocenters. The third-order valence-electron chi connectivity index (χ3n) is 5.82. The second-order valence-electron chi connectivity index (χ2n) is 7.22. The summed E-state index contributed by atoms with van der Waals surface area (Å²) >= 11 is 0. The number of likely N-dealkylation sites (tertiary alicyclic amines) is 1. The molecule has 2 aliphatic heterocycles. The highest BCUT2D eigenvalue weighted by atomic mass is 16.2. The zero-order valence-electron chi connectivity index (χ0n) is 15.3. The third-order valence-corrected chi connectivity index (χ3v) is 5.82. The molecule has 1 aromatic rings. The molecular formula is C19H28N4O2. The summed E-state index contributed by atoms with van der Waals surface area (Å²) in [7, 11) is 2.13. The van der Waals surface area contributed by atoms with Crippen molar-refractivity contribution in [2.24, 2.45) is 0 Å². The molecule has 0 aromatic carbocycles. The molecular weight excluding hydrogens is 316 g/mol. The van der Waals surface area contributed by atoms with Crippen molar-refractivity contribution >= 4 is 11.8 Å². The second kappa shape index (κ2) is 7.52. The molecule has 1 aromatic heterocycles. The molecule has 6 nitrogen and oxygen atoms in total. The van der Waals surface area contributed by atoms with Gasteiger partial charge < -0.3 is 9.80 Å². The lowest BCUT2D eigenvalue weighted by atomic mass is 9.86. The monoisotopic (exact) mass is 344 g/mol. The van der Waals surface area contributed by atoms with Gasteiger partial charge in [0, 0.05) is 57.1 Å². The summed E-state index contributed by atoms with van der Waals surface area (Å²) in [6.07, 6.45) is 6.21. The van der Waals surface area contributed by atoms with Gasteiger partial charge in [0.25, 0.3) is 0 Å². The van der Waals surface area contributed by atoms with E-state index in [9.17, 15) is 9.59 Å². The number of likely N-dealkylation sites (N-methyl/N-ethyl adjacent to an activating group) is 1. The van der Waals surface area contributed by atoms with Crippen LogP contribution in [0.4, 0.5) is 0 Å². The minimum absolute atomic E-state index is 0.0809. The van der Waals surface area contributed by atoms with Crippen LogP contribution >= 0.6 is 0 Å². The molecule has 136 valence electrons. The van der Waals surface area contributed by atoms with Gasteiger partial charge in [0.2, 0.25) is 11.8 Å². The average molecular weight is 344 g/mol. The van der Waals surface area contributed by atoms with Gasteiger partial charge in [0.05, 0.1) is 6.42 Å². The molecule has 2 aliphatic rings. The van der Waals surface area contributed by atoms with E-state index in [4.69, 9.17) is 0 Å². The summed E-state index contributed by atoms with van der Waals surface area (Å²) in [5, 5.41) is 0. The largest absolute Gasteiger partial charge is 0.343 e. The number of carbonyl (C=O) groups is 2. The maximum atomic E-state index is 12.8. The molecule has 0 aliphatic carbocycles. The molecule has 0 bridgehead atoms. The first-order chi connectivity index (χ1) is 12.0. The highest BCUT2D eigenvalue weighted by molar-refractivity contribution is 5.79. The van der Waals surface area contributed by atoms with E-state index < -0.39 is 0 Å². The molecule has 3 heterocycles. The number of rotatable bonds is 3. The van der Waals surface area contributed by atoms with E-state index in [0.29, 0.717) is 19.4 Å². The molecule has 2 fully saturated rings. The molecule has 0 radical (unpaired) electrons. The zero-order chi connectivity index (χ0) is 17.9. The number of hydrogen-bond acceptors (Lipinski definition) is 4. The highest BCUT2D eigenvalue weighted by Crippen LogP contribution is 2.32. The Hall–Kier alpha value is -1.95. The van der Waals surface area contributed by atoms with Crippen molar-refractivity contribution in [1.82, 2.24) is 19.7 Å². The Labute approximate surface area is 149 Å². The number of piperazine rings is 1. The SMILES string of the molecule is CCN1CCC2(CCC1=O)CN(C(=O)Cc1cccnc1)CCN2C. The van der Waals surface area contributed by atoms with E-state index in [0.717, 1.165) is 44.6 Å². The van der Waals surface area contributed by atoms with Gasteiger partial charge in [-0.15, -0.1) is 0 Å². The topological polar surface area (TPSA) is 56.8 Å². The Bertz CT molecular complexity index is 621. The van der Waals surface area contributed by atoms with Crippen LogP contribution < -0.4 is 0 Å². The summed E-state index contributed by atoms with van der Waals surface area (Å²) in [5.74, 6) is 0.398. The molecule has 1 unspecified atom stereocenters. The normalized spacial score (nSPS) is 25.3. The van der Waals surface area contributed by atoms with Gasteiger partial charge in [-0.1, -0.05) is 6.07 Å². The molecule has 1 spiro atoms. The Morgan fingerprint density at radius 1 is 1.28 bits per heavy atom. The summed E-state index contributed by atoms with van der Waals surface area (Å²) in [6.45, 7) is 5.91. The van der Waals surface area contributed by atoms with E-state index in [1.165, 1.54) is 0 Å². The van der Waals surface area contributed by atoms with Crippen molar-refractivity contribution in [3.05, 3.63) is 30.1 Å². The van der Waals surface area contributed by atoms with E-state index in [2.05, 4.69) is 16.9 Å². The summed E-state index contributed by atoms with van der Waals surface area (Å²) in [5.41, 5.74) is 0.872. The smallest absolute Gasteiger partial charge is 0.227 e. The van der Waals surface area contributed by atoms with Crippen LogP contribution in [0.15, 0.2) is 24.5 Å². The average Bonchev–Trinajstić information content (AvgIpc) is 2.78. The first-order valence-corrected chi connectivity index (χ1v) is 9.20. The lowest BCUT2D eigenvalue weighted by Gasteiger charge is -2.49. The maximum absolute atomic E-state index is 12.8. The molecule has 6 heteroatoms. The van der Waals surface area contributed by atoms with Crippen LogP contribution in [-0.2, 0) is 16.0 Å². The lowest BCUT2D eigenvalue weighted by molar-refractivity contribution is -0.136. The quantitative estimate of drug-likeness (QED) is 0.826. The second-order valence-corrected chi connectivity index (χ2v) is 7.22. The minimum Gasteiger partial charge on any atom is -0.343 e. The maximum Gasteiger partial charge on any atom is 0.227 e. The molecule has 0 N–H and O–H groups in total. The van der Waals surface area contributed by atoms with Crippen LogP contribution in [0.1, 0.15) is 31.7 Å². The van der Waals surface area contributed by atoms with Crippen molar-refractivity contribution in [3.8, 4) is 0 Å². The van der Waals surface area contributed by atoms with E-state index in [1.54, 1.807) is 12.4 Å². The van der Waals surface area contributed by atoms with Gasteiger partial charge in [0.15, 0.2) is 0 Å². The summed E-state index contributed by atoms with van der Waals surface area (Å²) in [6, 6.07) is 3.81. The third kappa shape index (κ3) is 3.84. The van der Waals surface area contributed by atoms with Crippen molar-refractivity contribution < 1.29 is 9.59 Å². The number of carbonyl (C=O) groups excluding carboxylic acids is 2. The first-order valence-electron chi connectivity index (χ1n) is 9.20. The fraction of sp³-hybridized carbons (Fsp3) is 0.632. The van der Waals surface area contributed by atoms with E-state index in [1.807, 2.05) is 28.9 Å². The Kier molecular flexibility index (Phi) is 5.37. The fourth-order valence-electron chi connectivity index (χ4n) is 4.03. The molecule has 2 saturated heterocycles. The number of pyridine rings is 1. The highest BCUT2D eigenvalue weighted by Gasteiger charge is 2.43. The first kappa shape index (κ1) is 17.9. The molecule has 25 heavy (non-hydrogen) atoms. The molecule has 2 amide bonds. The van der Waals surface area contributed by atoms with Gasteiger partial charge >= 0.3 is 0 Å². The van der Waals surface area contributed by atoms with Crippen molar-refractivity contribution in [2.75, 3.05) is 39.8 Å². The Balaban J connectivity index is 1.70. The van der Waals surface area contributed by atoms with Crippen LogP contribution in [0.3, 0.4) is 0 Å². The van der Waals surface area contributed by atoms with Gasteiger partial charge in [-0.2, -0.15) is 0 Å². The van der Waals surface area contributed by atoms with Crippen LogP contribution in [0, 0.1) is 0 Å². The standard InChI is InChI=1S/C19H28N4O2/c1-3-22-10-8-19(7-6-17(22)24)15-23(12-11-21(19)2)18(25)13-16-5-4-9-20-14-16/h4-5,9,14H,3,6-8,10-13,15H2,1-2H3. The summed E-state index contributed by atoms with van der Waals surface area (Å²) < 4.78 is 0. The minimum atomic E-state index is -0.0809. The predicted molar refractivity (Wildman–Crippen MR) is 96.0 cm³/mol. The van der Waals surface area contributed by atoms with Crippen molar-refractivity contribution in [2.45, 2.75) is 38.1 Å².